The molecule has 1 aliphatic rings. The molecule has 0 atom stereocenters. The molecule has 1 saturated carbocycles. The Kier molecular flexibility index (Phi) is 9.71. The molecule has 3 rings (SSSR count). The van der Waals surface area contributed by atoms with Crippen LogP contribution in [0.15, 0.2) is 54.6 Å². The van der Waals surface area contributed by atoms with Crippen LogP contribution in [0, 0.1) is 5.92 Å². The minimum atomic E-state index is -0.461. The van der Waals surface area contributed by atoms with Crippen LogP contribution >= 0.6 is 0 Å². The van der Waals surface area contributed by atoms with Crippen LogP contribution in [0.2, 0.25) is 0 Å². The standard InChI is InChI=1S/C28H34O6/c1-20(2)27(30)33-18-17-32-26-19-24(34-28(31)23-8-4-3-5-9-23)14-15-25(26)22-12-10-21(11-13-22)7-6-16-29/h10-15,19,23,29H,1,3-9,16-18H2,2H3. The number of hydrogen-bond donors (Lipinski definition) is 1. The zero-order valence-electron chi connectivity index (χ0n) is 19.9. The van der Waals surface area contributed by atoms with Gasteiger partial charge in [-0.3, -0.25) is 4.79 Å². The van der Waals surface area contributed by atoms with Gasteiger partial charge in [-0.05, 0) is 55.9 Å². The maximum absolute atomic E-state index is 12.6. The van der Waals surface area contributed by atoms with Crippen molar-refractivity contribution in [2.24, 2.45) is 5.92 Å². The van der Waals surface area contributed by atoms with Gasteiger partial charge in [-0.2, -0.15) is 0 Å². The van der Waals surface area contributed by atoms with E-state index in [-0.39, 0.29) is 31.7 Å². The van der Waals surface area contributed by atoms with Crippen molar-refractivity contribution in [1.82, 2.24) is 0 Å². The Hall–Kier alpha value is -3.12. The quantitative estimate of drug-likeness (QED) is 0.210. The minimum absolute atomic E-state index is 0.0502. The normalized spacial score (nSPS) is 13.8. The van der Waals surface area contributed by atoms with E-state index in [9.17, 15) is 9.59 Å². The first-order chi connectivity index (χ1) is 16.5. The van der Waals surface area contributed by atoms with Crippen LogP contribution in [0.1, 0.15) is 51.0 Å². The topological polar surface area (TPSA) is 82.1 Å². The SMILES string of the molecule is C=C(C)C(=O)OCCOc1cc(OC(=O)C2CCCCC2)ccc1-c1ccc(CCCO)cc1. The van der Waals surface area contributed by atoms with Gasteiger partial charge >= 0.3 is 11.9 Å². The number of ether oxygens (including phenoxy) is 3. The molecule has 0 spiro atoms. The van der Waals surface area contributed by atoms with Crippen LogP contribution in [0.4, 0.5) is 0 Å². The summed E-state index contributed by atoms with van der Waals surface area (Å²) in [5, 5.41) is 9.05. The van der Waals surface area contributed by atoms with E-state index >= 15 is 0 Å². The summed E-state index contributed by atoms with van der Waals surface area (Å²) in [6.07, 6.45) is 6.57. The molecule has 1 aliphatic carbocycles. The Balaban J connectivity index is 1.75. The average Bonchev–Trinajstić information content (AvgIpc) is 2.86. The van der Waals surface area contributed by atoms with Crippen molar-refractivity contribution in [1.29, 1.82) is 0 Å². The van der Waals surface area contributed by atoms with Crippen LogP contribution in [0.3, 0.4) is 0 Å². The van der Waals surface area contributed by atoms with E-state index in [0.717, 1.165) is 55.2 Å². The summed E-state index contributed by atoms with van der Waals surface area (Å²) >= 11 is 0. The van der Waals surface area contributed by atoms with Crippen LogP contribution in [-0.4, -0.2) is 36.9 Å². The highest BCUT2D eigenvalue weighted by atomic mass is 16.6. The minimum Gasteiger partial charge on any atom is -0.489 e. The van der Waals surface area contributed by atoms with Crippen molar-refractivity contribution in [2.45, 2.75) is 51.9 Å². The van der Waals surface area contributed by atoms with Crippen molar-refractivity contribution >= 4 is 11.9 Å². The third kappa shape index (κ3) is 7.45. The summed E-state index contributed by atoms with van der Waals surface area (Å²) < 4.78 is 16.8. The highest BCUT2D eigenvalue weighted by molar-refractivity contribution is 5.86. The van der Waals surface area contributed by atoms with Gasteiger partial charge in [0.15, 0.2) is 0 Å². The number of carbonyl (C=O) groups excluding carboxylic acids is 2. The lowest BCUT2D eigenvalue weighted by atomic mass is 9.89. The van der Waals surface area contributed by atoms with Gasteiger partial charge in [0.1, 0.15) is 24.7 Å². The number of rotatable bonds is 11. The van der Waals surface area contributed by atoms with Gasteiger partial charge in [-0.15, -0.1) is 0 Å². The molecule has 34 heavy (non-hydrogen) atoms. The van der Waals surface area contributed by atoms with E-state index in [1.54, 1.807) is 19.1 Å². The van der Waals surface area contributed by atoms with Crippen molar-refractivity contribution < 1.29 is 28.9 Å². The fraction of sp³-hybridized carbons (Fsp3) is 0.429. The Labute approximate surface area is 201 Å². The number of hydrogen-bond acceptors (Lipinski definition) is 6. The number of aliphatic hydroxyl groups is 1. The van der Waals surface area contributed by atoms with E-state index in [1.165, 1.54) is 6.42 Å². The third-order valence-electron chi connectivity index (χ3n) is 5.92. The molecule has 182 valence electrons. The molecule has 0 saturated heterocycles. The molecule has 2 aromatic rings. The van der Waals surface area contributed by atoms with Gasteiger partial charge in [0.05, 0.1) is 5.92 Å². The molecule has 0 amide bonds. The monoisotopic (exact) mass is 466 g/mol. The zero-order chi connectivity index (χ0) is 24.3. The van der Waals surface area contributed by atoms with Gasteiger partial charge in [-0.25, -0.2) is 4.79 Å². The largest absolute Gasteiger partial charge is 0.489 e. The summed E-state index contributed by atoms with van der Waals surface area (Å²) in [5.41, 5.74) is 3.27. The molecule has 0 unspecified atom stereocenters. The predicted molar refractivity (Wildman–Crippen MR) is 131 cm³/mol. The lowest BCUT2D eigenvalue weighted by molar-refractivity contribution is -0.140. The highest BCUT2D eigenvalue weighted by Gasteiger charge is 2.23. The third-order valence-corrected chi connectivity index (χ3v) is 5.92. The van der Waals surface area contributed by atoms with Gasteiger partial charge in [-0.1, -0.05) is 50.1 Å². The summed E-state index contributed by atoms with van der Waals surface area (Å²) in [7, 11) is 0. The molecule has 1 fully saturated rings. The zero-order valence-corrected chi connectivity index (χ0v) is 19.9. The van der Waals surface area contributed by atoms with Crippen LogP contribution in [-0.2, 0) is 20.7 Å². The second kappa shape index (κ2) is 12.9. The molecule has 0 bridgehead atoms. The predicted octanol–water partition coefficient (Wildman–Crippen LogP) is 5.26. The first kappa shape index (κ1) is 25.5. The molecule has 6 heteroatoms. The van der Waals surface area contributed by atoms with Gasteiger partial charge in [0.25, 0.3) is 0 Å². The molecular formula is C28H34O6. The summed E-state index contributed by atoms with van der Waals surface area (Å²) in [4.78, 5) is 24.2. The smallest absolute Gasteiger partial charge is 0.333 e. The fourth-order valence-corrected chi connectivity index (χ4v) is 4.01. The van der Waals surface area contributed by atoms with E-state index in [0.29, 0.717) is 17.1 Å². The number of aryl methyl sites for hydroxylation is 1. The molecule has 0 aliphatic heterocycles. The Morgan fingerprint density at radius 2 is 1.76 bits per heavy atom. The number of aliphatic hydroxyl groups excluding tert-OH is 1. The summed E-state index contributed by atoms with van der Waals surface area (Å²) in [5.74, 6) is 0.279. The highest BCUT2D eigenvalue weighted by Crippen LogP contribution is 2.35. The molecule has 0 radical (unpaired) electrons. The van der Waals surface area contributed by atoms with Gasteiger partial charge in [0.2, 0.25) is 0 Å². The number of carbonyl (C=O) groups is 2. The van der Waals surface area contributed by atoms with Crippen LogP contribution in [0.5, 0.6) is 11.5 Å². The second-order valence-corrected chi connectivity index (χ2v) is 8.70. The first-order valence-electron chi connectivity index (χ1n) is 12.0. The summed E-state index contributed by atoms with van der Waals surface area (Å²) in [6, 6.07) is 13.4. The number of esters is 2. The number of benzene rings is 2. The Morgan fingerprint density at radius 3 is 2.44 bits per heavy atom. The van der Waals surface area contributed by atoms with Crippen molar-refractivity contribution in [3.8, 4) is 22.6 Å². The maximum Gasteiger partial charge on any atom is 0.333 e. The van der Waals surface area contributed by atoms with E-state index < -0.39 is 5.97 Å². The first-order valence-corrected chi connectivity index (χ1v) is 12.0. The molecule has 1 N–H and O–H groups in total. The lowest BCUT2D eigenvalue weighted by Gasteiger charge is -2.20. The molecule has 6 nitrogen and oxygen atoms in total. The molecule has 0 heterocycles. The Bertz CT molecular complexity index is 973. The van der Waals surface area contributed by atoms with Crippen LogP contribution < -0.4 is 9.47 Å². The fourth-order valence-electron chi connectivity index (χ4n) is 4.01. The van der Waals surface area contributed by atoms with Gasteiger partial charge in [0, 0.05) is 23.8 Å². The second-order valence-electron chi connectivity index (χ2n) is 8.70. The average molecular weight is 467 g/mol. The molecule has 0 aromatic heterocycles. The summed E-state index contributed by atoms with van der Waals surface area (Å²) in [6.45, 7) is 5.56. The van der Waals surface area contributed by atoms with E-state index in [1.807, 2.05) is 30.3 Å². The molecular weight excluding hydrogens is 432 g/mol. The van der Waals surface area contributed by atoms with Crippen molar-refractivity contribution in [3.05, 3.63) is 60.2 Å². The van der Waals surface area contributed by atoms with E-state index in [4.69, 9.17) is 19.3 Å². The molecule has 2 aromatic carbocycles. The van der Waals surface area contributed by atoms with Crippen molar-refractivity contribution in [2.75, 3.05) is 19.8 Å². The lowest BCUT2D eigenvalue weighted by Crippen LogP contribution is -2.22. The van der Waals surface area contributed by atoms with Crippen molar-refractivity contribution in [3.63, 3.8) is 0 Å². The van der Waals surface area contributed by atoms with E-state index in [2.05, 4.69) is 6.58 Å². The Morgan fingerprint density at radius 1 is 1.03 bits per heavy atom. The van der Waals surface area contributed by atoms with Crippen LogP contribution in [0.25, 0.3) is 11.1 Å². The van der Waals surface area contributed by atoms with Gasteiger partial charge < -0.3 is 19.3 Å². The maximum atomic E-state index is 12.6.